The van der Waals surface area contributed by atoms with Gasteiger partial charge in [0.2, 0.25) is 0 Å². The van der Waals surface area contributed by atoms with Gasteiger partial charge in [-0.05, 0) is 24.5 Å². The number of rotatable bonds is 1. The van der Waals surface area contributed by atoms with Crippen LogP contribution in [0.1, 0.15) is 28.6 Å². The molecule has 0 fully saturated rings. The maximum atomic E-state index is 10.9. The maximum absolute atomic E-state index is 10.9. The Morgan fingerprint density at radius 1 is 1.44 bits per heavy atom. The molecular formula is C14H12O2. The monoisotopic (exact) mass is 212 g/mol. The lowest BCUT2D eigenvalue weighted by atomic mass is 9.93. The predicted octanol–water partition coefficient (Wildman–Crippen LogP) is 3.45. The van der Waals surface area contributed by atoms with Crippen LogP contribution in [0.5, 0.6) is 0 Å². The molecule has 0 radical (unpaired) electrons. The fraction of sp³-hybridized carbons (Fsp3) is 0.214. The van der Waals surface area contributed by atoms with E-state index < -0.39 is 0 Å². The van der Waals surface area contributed by atoms with Crippen LogP contribution in [-0.2, 0) is 6.42 Å². The first-order valence-corrected chi connectivity index (χ1v) is 5.47. The molecule has 80 valence electrons. The number of fused-ring (bicyclic) bond motifs is 3. The van der Waals surface area contributed by atoms with E-state index in [9.17, 15) is 4.79 Å². The van der Waals surface area contributed by atoms with Gasteiger partial charge >= 0.3 is 0 Å². The minimum absolute atomic E-state index is 0.535. The molecule has 1 unspecified atom stereocenters. The molecule has 0 aliphatic heterocycles. The molecule has 0 bridgehead atoms. The molecule has 3 rings (SSSR count). The second-order valence-corrected chi connectivity index (χ2v) is 4.33. The lowest BCUT2D eigenvalue weighted by Gasteiger charge is -2.10. The smallest absolute Gasteiger partial charge is 0.153 e. The Labute approximate surface area is 93.6 Å². The average molecular weight is 212 g/mol. The van der Waals surface area contributed by atoms with Crippen LogP contribution in [0.2, 0.25) is 0 Å². The summed E-state index contributed by atoms with van der Waals surface area (Å²) in [5.41, 5.74) is 2.59. The van der Waals surface area contributed by atoms with E-state index in [0.717, 1.165) is 29.4 Å². The van der Waals surface area contributed by atoms with Crippen molar-refractivity contribution in [2.45, 2.75) is 13.3 Å². The molecule has 16 heavy (non-hydrogen) atoms. The number of hydrogen-bond acceptors (Lipinski definition) is 2. The first-order chi connectivity index (χ1) is 7.79. The van der Waals surface area contributed by atoms with Crippen LogP contribution in [0.4, 0.5) is 0 Å². The number of furan rings is 1. The number of benzene rings is 1. The summed E-state index contributed by atoms with van der Waals surface area (Å²) >= 11 is 0. The van der Waals surface area contributed by atoms with Crippen molar-refractivity contribution in [3.63, 3.8) is 0 Å². The van der Waals surface area contributed by atoms with Crippen LogP contribution < -0.4 is 0 Å². The molecule has 0 saturated carbocycles. The summed E-state index contributed by atoms with van der Waals surface area (Å²) in [5, 5.41) is 1.08. The van der Waals surface area contributed by atoms with E-state index in [1.54, 1.807) is 6.07 Å². The third-order valence-corrected chi connectivity index (χ3v) is 3.11. The van der Waals surface area contributed by atoms with Crippen LogP contribution in [0.3, 0.4) is 0 Å². The van der Waals surface area contributed by atoms with E-state index in [-0.39, 0.29) is 0 Å². The average Bonchev–Trinajstić information content (AvgIpc) is 2.67. The predicted molar refractivity (Wildman–Crippen MR) is 63.5 cm³/mol. The van der Waals surface area contributed by atoms with Gasteiger partial charge in [-0.25, -0.2) is 0 Å². The van der Waals surface area contributed by atoms with Gasteiger partial charge in [0.15, 0.2) is 6.29 Å². The lowest BCUT2D eigenvalue weighted by Crippen LogP contribution is -2.00. The fourth-order valence-corrected chi connectivity index (χ4v) is 2.29. The van der Waals surface area contributed by atoms with Crippen molar-refractivity contribution in [3.05, 3.63) is 41.2 Å². The number of para-hydroxylation sites is 1. The van der Waals surface area contributed by atoms with E-state index in [1.807, 2.05) is 18.2 Å². The van der Waals surface area contributed by atoms with Gasteiger partial charge in [0.1, 0.15) is 11.3 Å². The first kappa shape index (κ1) is 9.40. The van der Waals surface area contributed by atoms with Gasteiger partial charge in [-0.1, -0.05) is 25.1 Å². The molecule has 0 spiro atoms. The van der Waals surface area contributed by atoms with Crippen molar-refractivity contribution >= 4 is 23.3 Å². The molecule has 2 nitrogen and oxygen atoms in total. The zero-order valence-corrected chi connectivity index (χ0v) is 9.07. The Kier molecular flexibility index (Phi) is 1.96. The Balaban J connectivity index is 2.34. The van der Waals surface area contributed by atoms with Crippen LogP contribution >= 0.6 is 0 Å². The normalized spacial score (nSPS) is 18.7. The van der Waals surface area contributed by atoms with E-state index in [0.29, 0.717) is 11.5 Å². The van der Waals surface area contributed by atoms with Gasteiger partial charge in [-0.3, -0.25) is 4.79 Å². The summed E-state index contributed by atoms with van der Waals surface area (Å²) in [5.74, 6) is 1.44. The van der Waals surface area contributed by atoms with Crippen LogP contribution in [0, 0.1) is 5.92 Å². The minimum atomic E-state index is 0.535. The molecule has 2 heteroatoms. The van der Waals surface area contributed by atoms with E-state index in [2.05, 4.69) is 13.0 Å². The van der Waals surface area contributed by atoms with Gasteiger partial charge in [0.05, 0.1) is 5.56 Å². The van der Waals surface area contributed by atoms with Gasteiger partial charge in [0, 0.05) is 10.9 Å². The maximum Gasteiger partial charge on any atom is 0.153 e. The SMILES string of the molecule is CC1C=Cc2oc3c(C=O)cccc3c2C1. The summed E-state index contributed by atoms with van der Waals surface area (Å²) in [7, 11) is 0. The summed E-state index contributed by atoms with van der Waals surface area (Å²) < 4.78 is 5.74. The lowest BCUT2D eigenvalue weighted by molar-refractivity contribution is 0.112. The van der Waals surface area contributed by atoms with Crippen molar-refractivity contribution in [2.24, 2.45) is 5.92 Å². The second-order valence-electron chi connectivity index (χ2n) is 4.33. The number of carbonyl (C=O) groups is 1. The number of carbonyl (C=O) groups excluding carboxylic acids is 1. The number of aldehydes is 1. The molecule has 0 amide bonds. The quantitative estimate of drug-likeness (QED) is 0.678. The molecule has 1 heterocycles. The van der Waals surface area contributed by atoms with Crippen LogP contribution in [0.25, 0.3) is 17.0 Å². The highest BCUT2D eigenvalue weighted by Gasteiger charge is 2.18. The molecule has 1 aromatic heterocycles. The van der Waals surface area contributed by atoms with Crippen molar-refractivity contribution in [2.75, 3.05) is 0 Å². The molecule has 1 aliphatic rings. The Morgan fingerprint density at radius 3 is 3.12 bits per heavy atom. The Bertz CT molecular complexity index is 590. The molecule has 0 saturated heterocycles. The van der Waals surface area contributed by atoms with E-state index in [1.165, 1.54) is 5.56 Å². The molecule has 0 N–H and O–H groups in total. The topological polar surface area (TPSA) is 30.2 Å². The van der Waals surface area contributed by atoms with Crippen molar-refractivity contribution in [1.82, 2.24) is 0 Å². The summed E-state index contributed by atoms with van der Waals surface area (Å²) in [6.07, 6.45) is 5.99. The zero-order chi connectivity index (χ0) is 11.1. The summed E-state index contributed by atoms with van der Waals surface area (Å²) in [6.45, 7) is 2.18. The van der Waals surface area contributed by atoms with Crippen molar-refractivity contribution in [3.8, 4) is 0 Å². The highest BCUT2D eigenvalue weighted by Crippen LogP contribution is 2.33. The molecule has 1 aliphatic carbocycles. The second kappa shape index (κ2) is 3.34. The summed E-state index contributed by atoms with van der Waals surface area (Å²) in [6, 6.07) is 5.72. The summed E-state index contributed by atoms with van der Waals surface area (Å²) in [4.78, 5) is 10.9. The van der Waals surface area contributed by atoms with Gasteiger partial charge in [-0.15, -0.1) is 0 Å². The minimum Gasteiger partial charge on any atom is -0.456 e. The largest absolute Gasteiger partial charge is 0.456 e. The highest BCUT2D eigenvalue weighted by molar-refractivity contribution is 5.97. The molecule has 1 aromatic carbocycles. The molecule has 1 atom stereocenters. The number of allylic oxidation sites excluding steroid dienone is 1. The van der Waals surface area contributed by atoms with Crippen molar-refractivity contribution in [1.29, 1.82) is 0 Å². The molecule has 2 aromatic rings. The van der Waals surface area contributed by atoms with Gasteiger partial charge in [-0.2, -0.15) is 0 Å². The van der Waals surface area contributed by atoms with Crippen LogP contribution in [-0.4, -0.2) is 6.29 Å². The van der Waals surface area contributed by atoms with Gasteiger partial charge in [0.25, 0.3) is 0 Å². The third kappa shape index (κ3) is 1.23. The first-order valence-electron chi connectivity index (χ1n) is 5.47. The fourth-order valence-electron chi connectivity index (χ4n) is 2.29. The standard InChI is InChI=1S/C14H12O2/c1-9-5-6-13-12(7-9)11-4-2-3-10(8-15)14(11)16-13/h2-6,8-9H,7H2,1H3. The van der Waals surface area contributed by atoms with Crippen molar-refractivity contribution < 1.29 is 9.21 Å². The van der Waals surface area contributed by atoms with Gasteiger partial charge < -0.3 is 4.42 Å². The Hall–Kier alpha value is -1.83. The Morgan fingerprint density at radius 2 is 2.31 bits per heavy atom. The third-order valence-electron chi connectivity index (χ3n) is 3.11. The van der Waals surface area contributed by atoms with E-state index in [4.69, 9.17) is 4.42 Å². The highest BCUT2D eigenvalue weighted by atomic mass is 16.3. The van der Waals surface area contributed by atoms with E-state index >= 15 is 0 Å². The van der Waals surface area contributed by atoms with Crippen LogP contribution in [0.15, 0.2) is 28.7 Å². The zero-order valence-electron chi connectivity index (χ0n) is 9.07. The molecular weight excluding hydrogens is 200 g/mol. The number of hydrogen-bond donors (Lipinski definition) is 0.